The van der Waals surface area contributed by atoms with Gasteiger partial charge in [0.25, 0.3) is 0 Å². The molecule has 0 radical (unpaired) electrons. The summed E-state index contributed by atoms with van der Waals surface area (Å²) in [4.78, 5) is 18.6. The van der Waals surface area contributed by atoms with Gasteiger partial charge in [-0.2, -0.15) is 0 Å². The van der Waals surface area contributed by atoms with Gasteiger partial charge in [0.1, 0.15) is 17.5 Å². The third kappa shape index (κ3) is 2.73. The molecule has 0 aliphatic heterocycles. The van der Waals surface area contributed by atoms with Crippen molar-refractivity contribution in [2.24, 2.45) is 5.92 Å². The third-order valence-electron chi connectivity index (χ3n) is 4.75. The Labute approximate surface area is 138 Å². The normalized spacial score (nSPS) is 22.0. The first-order valence-corrected chi connectivity index (χ1v) is 9.01. The number of nitrogens with one attached hydrogen (secondary N) is 1. The highest BCUT2D eigenvalue weighted by molar-refractivity contribution is 8.13. The van der Waals surface area contributed by atoms with Crippen molar-refractivity contribution in [1.82, 2.24) is 24.8 Å². The highest BCUT2D eigenvalue weighted by atomic mass is 32.2. The fraction of sp³-hybridized carbons (Fsp3) is 0.500. The zero-order valence-corrected chi connectivity index (χ0v) is 13.8. The maximum absolute atomic E-state index is 11.1. The van der Waals surface area contributed by atoms with E-state index in [-0.39, 0.29) is 5.12 Å². The van der Waals surface area contributed by atoms with Crippen LogP contribution in [0.5, 0.6) is 0 Å². The third-order valence-corrected chi connectivity index (χ3v) is 5.80. The van der Waals surface area contributed by atoms with Gasteiger partial charge < -0.3 is 4.98 Å². The molecule has 3 aromatic rings. The van der Waals surface area contributed by atoms with E-state index in [1.807, 2.05) is 12.3 Å². The van der Waals surface area contributed by atoms with E-state index in [0.717, 1.165) is 53.7 Å². The van der Waals surface area contributed by atoms with E-state index >= 15 is 0 Å². The molecule has 0 aromatic carbocycles. The molecule has 1 fully saturated rings. The first kappa shape index (κ1) is 14.7. The van der Waals surface area contributed by atoms with Gasteiger partial charge >= 0.3 is 0 Å². The first-order chi connectivity index (χ1) is 11.2. The van der Waals surface area contributed by atoms with Gasteiger partial charge in [-0.05, 0) is 37.7 Å². The maximum atomic E-state index is 11.1. The van der Waals surface area contributed by atoms with E-state index in [1.54, 1.807) is 17.8 Å². The average molecular weight is 329 g/mol. The van der Waals surface area contributed by atoms with E-state index in [0.29, 0.717) is 11.8 Å². The van der Waals surface area contributed by atoms with Crippen molar-refractivity contribution in [2.75, 3.05) is 5.75 Å². The van der Waals surface area contributed by atoms with Crippen molar-refractivity contribution < 1.29 is 4.79 Å². The second-order valence-corrected chi connectivity index (χ2v) is 7.47. The predicted octanol–water partition coefficient (Wildman–Crippen LogP) is 3.16. The van der Waals surface area contributed by atoms with Crippen molar-refractivity contribution in [3.8, 4) is 0 Å². The zero-order chi connectivity index (χ0) is 15.8. The van der Waals surface area contributed by atoms with E-state index in [4.69, 9.17) is 0 Å². The van der Waals surface area contributed by atoms with Gasteiger partial charge in [-0.15, -0.1) is 5.10 Å². The number of aromatic nitrogens is 5. The standard InChI is InChI=1S/C16H19N5OS/c1-10(22)23-8-11-2-4-12(5-3-11)14-15-13-6-7-17-16(13)18-9-21(15)20-19-14/h6-7,9,11-12,17H,2-5,8H2,1H3. The molecule has 3 heterocycles. The minimum absolute atomic E-state index is 0.221. The lowest BCUT2D eigenvalue weighted by Crippen LogP contribution is -2.16. The number of carbonyl (C=O) groups excluding carboxylic acids is 1. The fourth-order valence-corrected chi connectivity index (χ4v) is 4.34. The summed E-state index contributed by atoms with van der Waals surface area (Å²) in [7, 11) is 0. The molecule has 120 valence electrons. The van der Waals surface area contributed by atoms with Crippen molar-refractivity contribution in [3.63, 3.8) is 0 Å². The molecule has 0 amide bonds. The summed E-state index contributed by atoms with van der Waals surface area (Å²) in [5, 5.41) is 10.00. The summed E-state index contributed by atoms with van der Waals surface area (Å²) < 4.78 is 1.78. The first-order valence-electron chi connectivity index (χ1n) is 8.02. The highest BCUT2D eigenvalue weighted by Crippen LogP contribution is 2.38. The van der Waals surface area contributed by atoms with Crippen molar-refractivity contribution >= 4 is 33.4 Å². The van der Waals surface area contributed by atoms with Gasteiger partial charge in [0.2, 0.25) is 0 Å². The average Bonchev–Trinajstić information content (AvgIpc) is 3.19. The molecular formula is C16H19N5OS. The van der Waals surface area contributed by atoms with Crippen LogP contribution in [0.15, 0.2) is 18.6 Å². The van der Waals surface area contributed by atoms with Gasteiger partial charge in [0, 0.05) is 30.2 Å². The van der Waals surface area contributed by atoms with Crippen LogP contribution in [0, 0.1) is 5.92 Å². The number of H-pyrrole nitrogens is 1. The molecule has 0 atom stereocenters. The number of rotatable bonds is 3. The van der Waals surface area contributed by atoms with Crippen LogP contribution in [0.25, 0.3) is 16.6 Å². The summed E-state index contributed by atoms with van der Waals surface area (Å²) in [6.45, 7) is 1.65. The molecule has 0 unspecified atom stereocenters. The number of hydrogen-bond donors (Lipinski definition) is 1. The molecule has 3 aromatic heterocycles. The lowest BCUT2D eigenvalue weighted by Gasteiger charge is -2.27. The largest absolute Gasteiger partial charge is 0.346 e. The quantitative estimate of drug-likeness (QED) is 0.799. The molecule has 1 aliphatic carbocycles. The maximum Gasteiger partial charge on any atom is 0.185 e. The molecule has 1 saturated carbocycles. The Hall–Kier alpha value is -1.89. The molecule has 7 heteroatoms. The number of hydrogen-bond acceptors (Lipinski definition) is 5. The zero-order valence-electron chi connectivity index (χ0n) is 13.0. The smallest absolute Gasteiger partial charge is 0.185 e. The van der Waals surface area contributed by atoms with Crippen LogP contribution < -0.4 is 0 Å². The van der Waals surface area contributed by atoms with E-state index in [9.17, 15) is 4.79 Å². The van der Waals surface area contributed by atoms with Crippen molar-refractivity contribution in [3.05, 3.63) is 24.3 Å². The van der Waals surface area contributed by atoms with Crippen LogP contribution in [-0.4, -0.2) is 35.7 Å². The summed E-state index contributed by atoms with van der Waals surface area (Å²) in [5.41, 5.74) is 3.06. The van der Waals surface area contributed by atoms with Crippen LogP contribution in [-0.2, 0) is 4.79 Å². The van der Waals surface area contributed by atoms with Gasteiger partial charge in [0.05, 0.1) is 5.69 Å². The topological polar surface area (TPSA) is 75.9 Å². The molecule has 23 heavy (non-hydrogen) atoms. The van der Waals surface area contributed by atoms with Crippen LogP contribution in [0.3, 0.4) is 0 Å². The van der Waals surface area contributed by atoms with Gasteiger partial charge in [0.15, 0.2) is 5.12 Å². The fourth-order valence-electron chi connectivity index (χ4n) is 3.53. The number of aromatic amines is 1. The minimum Gasteiger partial charge on any atom is -0.346 e. The van der Waals surface area contributed by atoms with Crippen LogP contribution in [0.2, 0.25) is 0 Å². The molecule has 1 aliphatic rings. The Kier molecular flexibility index (Phi) is 3.80. The number of thioether (sulfide) groups is 1. The Balaban J connectivity index is 1.56. The van der Waals surface area contributed by atoms with Gasteiger partial charge in [-0.1, -0.05) is 17.0 Å². The van der Waals surface area contributed by atoms with Gasteiger partial charge in [-0.3, -0.25) is 4.79 Å². The highest BCUT2D eigenvalue weighted by Gasteiger charge is 2.27. The second-order valence-electron chi connectivity index (χ2n) is 6.27. The number of nitrogens with zero attached hydrogens (tertiary/aromatic N) is 4. The van der Waals surface area contributed by atoms with Crippen LogP contribution >= 0.6 is 11.8 Å². The van der Waals surface area contributed by atoms with E-state index in [2.05, 4.69) is 20.3 Å². The Morgan fingerprint density at radius 3 is 3.00 bits per heavy atom. The van der Waals surface area contributed by atoms with E-state index < -0.39 is 0 Å². The summed E-state index contributed by atoms with van der Waals surface area (Å²) in [5.74, 6) is 2.05. The summed E-state index contributed by atoms with van der Waals surface area (Å²) >= 11 is 1.46. The lowest BCUT2D eigenvalue weighted by molar-refractivity contribution is -0.109. The molecule has 6 nitrogen and oxygen atoms in total. The molecule has 0 spiro atoms. The molecule has 4 rings (SSSR count). The van der Waals surface area contributed by atoms with Crippen LogP contribution in [0.4, 0.5) is 0 Å². The number of carbonyl (C=O) groups is 1. The minimum atomic E-state index is 0.221. The monoisotopic (exact) mass is 329 g/mol. The second kappa shape index (κ2) is 5.96. The van der Waals surface area contributed by atoms with Crippen molar-refractivity contribution in [2.45, 2.75) is 38.5 Å². The Morgan fingerprint density at radius 1 is 1.39 bits per heavy atom. The Bertz CT molecular complexity index is 847. The predicted molar refractivity (Wildman–Crippen MR) is 90.5 cm³/mol. The molecule has 1 N–H and O–H groups in total. The summed E-state index contributed by atoms with van der Waals surface area (Å²) in [6.07, 6.45) is 8.18. The van der Waals surface area contributed by atoms with Gasteiger partial charge in [-0.25, -0.2) is 9.50 Å². The number of fused-ring (bicyclic) bond motifs is 3. The molecular weight excluding hydrogens is 310 g/mol. The molecule has 0 saturated heterocycles. The lowest BCUT2D eigenvalue weighted by atomic mass is 9.81. The van der Waals surface area contributed by atoms with Crippen molar-refractivity contribution in [1.29, 1.82) is 0 Å². The SMILES string of the molecule is CC(=O)SCC1CCC(c2nnn3cnc4[nH]ccc4c23)CC1. The van der Waals surface area contributed by atoms with E-state index in [1.165, 1.54) is 11.8 Å². The van der Waals surface area contributed by atoms with Crippen LogP contribution in [0.1, 0.15) is 44.2 Å². The Morgan fingerprint density at radius 2 is 2.22 bits per heavy atom. The molecule has 0 bridgehead atoms. The summed E-state index contributed by atoms with van der Waals surface area (Å²) in [6, 6.07) is 2.04.